The molecule has 4 rings (SSSR count). The summed E-state index contributed by atoms with van der Waals surface area (Å²) in [6, 6.07) is 8.81. The van der Waals surface area contributed by atoms with Crippen molar-refractivity contribution in [1.82, 2.24) is 4.98 Å². The number of hydrogen-bond donors (Lipinski definition) is 2. The summed E-state index contributed by atoms with van der Waals surface area (Å²) < 4.78 is 5.35. The van der Waals surface area contributed by atoms with E-state index in [1.165, 1.54) is 18.3 Å². The fourth-order valence-electron chi connectivity index (χ4n) is 3.51. The third kappa shape index (κ3) is 3.58. The van der Waals surface area contributed by atoms with Crippen molar-refractivity contribution in [2.75, 3.05) is 5.32 Å². The van der Waals surface area contributed by atoms with Gasteiger partial charge in [-0.3, -0.25) is 14.6 Å². The van der Waals surface area contributed by atoms with Crippen LogP contribution < -0.4 is 11.1 Å². The van der Waals surface area contributed by atoms with Gasteiger partial charge < -0.3 is 15.8 Å². The Kier molecular flexibility index (Phi) is 5.02. The highest BCUT2D eigenvalue weighted by Gasteiger charge is 2.28. The summed E-state index contributed by atoms with van der Waals surface area (Å²) in [5.41, 5.74) is 7.61. The first-order valence-corrected chi connectivity index (χ1v) is 10.1. The number of nitrogens with two attached hydrogens (primary N) is 1. The lowest BCUT2D eigenvalue weighted by atomic mass is 10.1. The van der Waals surface area contributed by atoms with Gasteiger partial charge in [0.15, 0.2) is 6.10 Å². The zero-order valence-electron chi connectivity index (χ0n) is 15.7. The van der Waals surface area contributed by atoms with Crippen LogP contribution in [-0.4, -0.2) is 28.9 Å². The number of hydrogen-bond acceptors (Lipinski definition) is 6. The van der Waals surface area contributed by atoms with Gasteiger partial charge in [0, 0.05) is 16.5 Å². The highest BCUT2D eigenvalue weighted by Crippen LogP contribution is 2.38. The van der Waals surface area contributed by atoms with Crippen molar-refractivity contribution in [1.29, 1.82) is 0 Å². The number of fused-ring (bicyclic) bond motifs is 2. The Morgan fingerprint density at radius 3 is 2.79 bits per heavy atom. The molecular weight excluding hydrogens is 390 g/mol. The standard InChI is InChI=1S/C21H19N3O4S/c1-11(28-21(27)14-8-2-5-12-6-4-10-23-17(12)14)19(26)24-20-16(18(22)25)13-7-3-9-15(13)29-20/h2,4-6,8,10-11H,3,7,9H2,1H3,(H2,22,25)(H,24,26)/t11-/m1/s1. The summed E-state index contributed by atoms with van der Waals surface area (Å²) in [5.74, 6) is -1.72. The molecule has 148 valence electrons. The Hall–Kier alpha value is -3.26. The first-order chi connectivity index (χ1) is 14.0. The van der Waals surface area contributed by atoms with E-state index in [4.69, 9.17) is 10.5 Å². The van der Waals surface area contributed by atoms with Gasteiger partial charge in [0.1, 0.15) is 5.00 Å². The van der Waals surface area contributed by atoms with Gasteiger partial charge in [-0.2, -0.15) is 0 Å². The lowest BCUT2D eigenvalue weighted by molar-refractivity contribution is -0.123. The third-order valence-corrected chi connectivity index (χ3v) is 6.12. The first kappa shape index (κ1) is 19.1. The van der Waals surface area contributed by atoms with Crippen LogP contribution in [0.15, 0.2) is 36.5 Å². The molecule has 1 atom stereocenters. The Morgan fingerprint density at radius 2 is 2.00 bits per heavy atom. The predicted octanol–water partition coefficient (Wildman–Crippen LogP) is 3.07. The molecule has 0 saturated carbocycles. The summed E-state index contributed by atoms with van der Waals surface area (Å²) in [4.78, 5) is 42.4. The van der Waals surface area contributed by atoms with Crippen LogP contribution in [0.4, 0.5) is 5.00 Å². The van der Waals surface area contributed by atoms with Crippen molar-refractivity contribution in [2.24, 2.45) is 5.73 Å². The van der Waals surface area contributed by atoms with E-state index in [-0.39, 0.29) is 5.56 Å². The molecule has 0 aliphatic heterocycles. The topological polar surface area (TPSA) is 111 Å². The maximum absolute atomic E-state index is 12.6. The van der Waals surface area contributed by atoms with Crippen LogP contribution in [0, 0.1) is 0 Å². The minimum absolute atomic E-state index is 0.288. The number of amides is 2. The molecule has 0 spiro atoms. The summed E-state index contributed by atoms with van der Waals surface area (Å²) in [5, 5.41) is 3.92. The summed E-state index contributed by atoms with van der Waals surface area (Å²) >= 11 is 1.36. The minimum atomic E-state index is -1.06. The number of para-hydroxylation sites is 1. The highest BCUT2D eigenvalue weighted by molar-refractivity contribution is 7.17. The number of pyridine rings is 1. The molecule has 0 bridgehead atoms. The number of aromatic nitrogens is 1. The molecule has 2 aromatic heterocycles. The van der Waals surface area contributed by atoms with E-state index in [1.807, 2.05) is 12.1 Å². The molecule has 7 nitrogen and oxygen atoms in total. The molecule has 1 aromatic carbocycles. The maximum atomic E-state index is 12.6. The van der Waals surface area contributed by atoms with Crippen LogP contribution >= 0.6 is 11.3 Å². The van der Waals surface area contributed by atoms with Crippen LogP contribution in [0.2, 0.25) is 0 Å². The largest absolute Gasteiger partial charge is 0.449 e. The number of carbonyl (C=O) groups excluding carboxylic acids is 3. The molecule has 0 fully saturated rings. The van der Waals surface area contributed by atoms with Crippen molar-refractivity contribution in [2.45, 2.75) is 32.3 Å². The Morgan fingerprint density at radius 1 is 1.21 bits per heavy atom. The van der Waals surface area contributed by atoms with Gasteiger partial charge in [-0.15, -0.1) is 11.3 Å². The third-order valence-electron chi connectivity index (χ3n) is 4.91. The fraction of sp³-hybridized carbons (Fsp3) is 0.238. The second-order valence-corrected chi connectivity index (χ2v) is 7.95. The molecule has 8 heteroatoms. The monoisotopic (exact) mass is 409 g/mol. The van der Waals surface area contributed by atoms with Crippen LogP contribution in [-0.2, 0) is 22.4 Å². The van der Waals surface area contributed by atoms with Gasteiger partial charge in [0.05, 0.1) is 16.6 Å². The Labute approximate surface area is 170 Å². The number of thiophene rings is 1. The van der Waals surface area contributed by atoms with Crippen molar-refractivity contribution >= 4 is 45.0 Å². The molecule has 3 aromatic rings. The number of nitrogens with zero attached hydrogens (tertiary/aromatic N) is 1. The number of ether oxygens (including phenoxy) is 1. The lowest BCUT2D eigenvalue weighted by Gasteiger charge is -2.14. The maximum Gasteiger partial charge on any atom is 0.341 e. The van der Waals surface area contributed by atoms with Crippen molar-refractivity contribution in [3.63, 3.8) is 0 Å². The zero-order chi connectivity index (χ0) is 20.5. The number of rotatable bonds is 5. The zero-order valence-corrected chi connectivity index (χ0v) is 16.5. The SMILES string of the molecule is C[C@@H](OC(=O)c1cccc2cccnc12)C(=O)Nc1sc2c(c1C(N)=O)CCC2. The molecule has 1 aliphatic rings. The van der Waals surface area contributed by atoms with Crippen molar-refractivity contribution in [3.8, 4) is 0 Å². The average molecular weight is 409 g/mol. The molecule has 0 radical (unpaired) electrons. The van der Waals surface area contributed by atoms with Crippen molar-refractivity contribution < 1.29 is 19.1 Å². The van der Waals surface area contributed by atoms with Gasteiger partial charge in [0.25, 0.3) is 11.8 Å². The van der Waals surface area contributed by atoms with E-state index in [0.717, 1.165) is 35.1 Å². The molecule has 29 heavy (non-hydrogen) atoms. The summed E-state index contributed by atoms with van der Waals surface area (Å²) in [6.07, 6.45) is 3.16. The predicted molar refractivity (Wildman–Crippen MR) is 110 cm³/mol. The number of carbonyl (C=O) groups is 3. The van der Waals surface area contributed by atoms with Crippen molar-refractivity contribution in [3.05, 3.63) is 58.1 Å². The number of primary amides is 1. The first-order valence-electron chi connectivity index (χ1n) is 9.25. The van der Waals surface area contributed by atoms with Gasteiger partial charge >= 0.3 is 5.97 Å². The molecular formula is C21H19N3O4S. The average Bonchev–Trinajstić information content (AvgIpc) is 3.27. The van der Waals surface area contributed by atoms with Gasteiger partial charge in [0.2, 0.25) is 0 Å². The summed E-state index contributed by atoms with van der Waals surface area (Å²) in [7, 11) is 0. The van der Waals surface area contributed by atoms with E-state index in [1.54, 1.807) is 24.4 Å². The van der Waals surface area contributed by atoms with Gasteiger partial charge in [-0.25, -0.2) is 4.79 Å². The number of esters is 1. The number of nitrogens with one attached hydrogen (secondary N) is 1. The molecule has 0 saturated heterocycles. The quantitative estimate of drug-likeness (QED) is 0.629. The second-order valence-electron chi connectivity index (χ2n) is 6.84. The Bertz CT molecular complexity index is 1130. The van der Waals surface area contributed by atoms with Crippen LogP contribution in [0.25, 0.3) is 10.9 Å². The van der Waals surface area contributed by atoms with E-state index in [9.17, 15) is 14.4 Å². The van der Waals surface area contributed by atoms with Crippen LogP contribution in [0.1, 0.15) is 44.5 Å². The molecule has 0 unspecified atom stereocenters. The minimum Gasteiger partial charge on any atom is -0.449 e. The molecule has 2 heterocycles. The molecule has 2 amide bonds. The molecule has 3 N–H and O–H groups in total. The van der Waals surface area contributed by atoms with Crippen LogP contribution in [0.3, 0.4) is 0 Å². The van der Waals surface area contributed by atoms with E-state index in [2.05, 4.69) is 10.3 Å². The smallest absolute Gasteiger partial charge is 0.341 e. The highest BCUT2D eigenvalue weighted by atomic mass is 32.1. The second kappa shape index (κ2) is 7.63. The van der Waals surface area contributed by atoms with Gasteiger partial charge in [-0.1, -0.05) is 18.2 Å². The summed E-state index contributed by atoms with van der Waals surface area (Å²) in [6.45, 7) is 1.48. The fourth-order valence-corrected chi connectivity index (χ4v) is 4.81. The van der Waals surface area contributed by atoms with Crippen LogP contribution in [0.5, 0.6) is 0 Å². The van der Waals surface area contributed by atoms with E-state index in [0.29, 0.717) is 16.1 Å². The molecule has 1 aliphatic carbocycles. The number of benzene rings is 1. The number of anilines is 1. The Balaban J connectivity index is 1.51. The lowest BCUT2D eigenvalue weighted by Crippen LogP contribution is -2.30. The van der Waals surface area contributed by atoms with Gasteiger partial charge in [-0.05, 0) is 43.9 Å². The normalized spacial score (nSPS) is 13.7. The van der Waals surface area contributed by atoms with E-state index < -0.39 is 23.9 Å². The van der Waals surface area contributed by atoms with E-state index >= 15 is 0 Å². The number of aryl methyl sites for hydroxylation is 1.